The summed E-state index contributed by atoms with van der Waals surface area (Å²) in [6.07, 6.45) is 3.70. The van der Waals surface area contributed by atoms with Gasteiger partial charge in [0.1, 0.15) is 5.75 Å². The molecule has 20 heavy (non-hydrogen) atoms. The highest BCUT2D eigenvalue weighted by Crippen LogP contribution is 2.31. The Bertz CT molecular complexity index is 717. The topological polar surface area (TPSA) is 27.1 Å². The molecule has 2 aromatic carbocycles. The minimum absolute atomic E-state index is 0.852. The quantitative estimate of drug-likeness (QED) is 0.718. The van der Waals surface area contributed by atoms with Crippen LogP contribution in [0.5, 0.6) is 5.75 Å². The second-order valence-corrected chi connectivity index (χ2v) is 4.65. The van der Waals surface area contributed by atoms with E-state index in [2.05, 4.69) is 33.8 Å². The van der Waals surface area contributed by atoms with Gasteiger partial charge < -0.3 is 9.30 Å². The molecule has 0 saturated carbocycles. The number of imidazole rings is 1. The van der Waals surface area contributed by atoms with Crippen LogP contribution in [0.3, 0.4) is 0 Å². The number of methoxy groups -OCH3 is 1. The third kappa shape index (κ3) is 2.18. The van der Waals surface area contributed by atoms with Gasteiger partial charge in [-0.2, -0.15) is 0 Å². The van der Waals surface area contributed by atoms with Crippen molar-refractivity contribution in [1.29, 1.82) is 0 Å². The van der Waals surface area contributed by atoms with Crippen LogP contribution in [0.2, 0.25) is 0 Å². The molecule has 0 radical (unpaired) electrons. The summed E-state index contributed by atoms with van der Waals surface area (Å²) < 4.78 is 7.44. The number of hydrogen-bond donors (Lipinski definition) is 0. The third-order valence-corrected chi connectivity index (χ3v) is 3.37. The van der Waals surface area contributed by atoms with Crippen LogP contribution in [0, 0.1) is 6.92 Å². The Morgan fingerprint density at radius 1 is 1.05 bits per heavy atom. The molecule has 0 saturated heterocycles. The van der Waals surface area contributed by atoms with Crippen molar-refractivity contribution in [2.24, 2.45) is 0 Å². The highest BCUT2D eigenvalue weighted by atomic mass is 16.5. The lowest BCUT2D eigenvalue weighted by Crippen LogP contribution is -1.98. The lowest BCUT2D eigenvalue weighted by molar-refractivity contribution is 0.415. The van der Waals surface area contributed by atoms with Gasteiger partial charge in [-0.25, -0.2) is 4.98 Å². The molecule has 0 unspecified atom stereocenters. The number of benzene rings is 2. The molecule has 0 spiro atoms. The summed E-state index contributed by atoms with van der Waals surface area (Å²) in [5, 5.41) is 0. The number of aryl methyl sites for hydroxylation is 1. The Morgan fingerprint density at radius 2 is 1.85 bits per heavy atom. The van der Waals surface area contributed by atoms with Crippen molar-refractivity contribution >= 4 is 0 Å². The maximum absolute atomic E-state index is 5.35. The van der Waals surface area contributed by atoms with Gasteiger partial charge in [0, 0.05) is 17.5 Å². The molecule has 100 valence electrons. The average Bonchev–Trinajstić information content (AvgIpc) is 2.93. The highest BCUT2D eigenvalue weighted by Gasteiger charge is 2.10. The Labute approximate surface area is 118 Å². The van der Waals surface area contributed by atoms with E-state index in [9.17, 15) is 0 Å². The first-order chi connectivity index (χ1) is 9.79. The van der Waals surface area contributed by atoms with E-state index in [0.29, 0.717) is 0 Å². The summed E-state index contributed by atoms with van der Waals surface area (Å²) in [7, 11) is 1.69. The molecule has 1 heterocycles. The minimum atomic E-state index is 0.852. The molecule has 0 amide bonds. The van der Waals surface area contributed by atoms with Gasteiger partial charge in [0.15, 0.2) is 0 Å². The van der Waals surface area contributed by atoms with E-state index in [-0.39, 0.29) is 0 Å². The molecule has 3 heteroatoms. The smallest absolute Gasteiger partial charge is 0.119 e. The molecule has 3 nitrogen and oxygen atoms in total. The van der Waals surface area contributed by atoms with Crippen molar-refractivity contribution < 1.29 is 4.74 Å². The van der Waals surface area contributed by atoms with Gasteiger partial charge in [-0.15, -0.1) is 0 Å². The van der Waals surface area contributed by atoms with Gasteiger partial charge in [-0.05, 0) is 30.7 Å². The van der Waals surface area contributed by atoms with Crippen LogP contribution in [-0.2, 0) is 0 Å². The molecule has 3 aromatic rings. The van der Waals surface area contributed by atoms with Crippen LogP contribution in [0.4, 0.5) is 0 Å². The summed E-state index contributed by atoms with van der Waals surface area (Å²) >= 11 is 0. The normalized spacial score (nSPS) is 10.5. The fourth-order valence-electron chi connectivity index (χ4n) is 2.31. The van der Waals surface area contributed by atoms with E-state index < -0.39 is 0 Å². The molecule has 1 aromatic heterocycles. The summed E-state index contributed by atoms with van der Waals surface area (Å²) in [5.74, 6) is 0.852. The van der Waals surface area contributed by atoms with Crippen LogP contribution in [0.1, 0.15) is 5.69 Å². The zero-order valence-corrected chi connectivity index (χ0v) is 11.6. The largest absolute Gasteiger partial charge is 0.497 e. The minimum Gasteiger partial charge on any atom is -0.497 e. The van der Waals surface area contributed by atoms with Crippen LogP contribution in [-0.4, -0.2) is 16.7 Å². The molecule has 0 fully saturated rings. The Kier molecular flexibility index (Phi) is 3.25. The average molecular weight is 264 g/mol. The number of aromatic nitrogens is 2. The van der Waals surface area contributed by atoms with Gasteiger partial charge in [0.2, 0.25) is 0 Å². The van der Waals surface area contributed by atoms with Crippen molar-refractivity contribution in [2.45, 2.75) is 6.92 Å². The molecule has 0 aliphatic heterocycles. The molecule has 0 N–H and O–H groups in total. The van der Waals surface area contributed by atoms with E-state index >= 15 is 0 Å². The molecule has 3 rings (SSSR count). The predicted molar refractivity (Wildman–Crippen MR) is 80.3 cm³/mol. The van der Waals surface area contributed by atoms with Crippen LogP contribution in [0.25, 0.3) is 16.8 Å². The highest BCUT2D eigenvalue weighted by molar-refractivity contribution is 5.74. The summed E-state index contributed by atoms with van der Waals surface area (Å²) in [4.78, 5) is 4.21. The van der Waals surface area contributed by atoms with E-state index in [4.69, 9.17) is 4.74 Å². The first kappa shape index (κ1) is 12.5. The Morgan fingerprint density at radius 3 is 2.50 bits per heavy atom. The van der Waals surface area contributed by atoms with Crippen LogP contribution >= 0.6 is 0 Å². The van der Waals surface area contributed by atoms with Crippen LogP contribution in [0.15, 0.2) is 61.1 Å². The van der Waals surface area contributed by atoms with Gasteiger partial charge in [-0.3, -0.25) is 0 Å². The first-order valence-electron chi connectivity index (χ1n) is 6.52. The van der Waals surface area contributed by atoms with Gasteiger partial charge >= 0.3 is 0 Å². The molecule has 0 aliphatic rings. The predicted octanol–water partition coefficient (Wildman–Crippen LogP) is 3.86. The number of ether oxygens (including phenoxy) is 1. The second kappa shape index (κ2) is 5.21. The van der Waals surface area contributed by atoms with E-state index in [1.807, 2.05) is 43.7 Å². The van der Waals surface area contributed by atoms with Crippen molar-refractivity contribution in [3.8, 4) is 22.6 Å². The number of rotatable bonds is 3. The van der Waals surface area contributed by atoms with Crippen molar-refractivity contribution in [2.75, 3.05) is 7.11 Å². The monoisotopic (exact) mass is 264 g/mol. The lowest BCUT2D eigenvalue weighted by Gasteiger charge is -2.13. The Balaban J connectivity index is 2.23. The van der Waals surface area contributed by atoms with Gasteiger partial charge in [0.25, 0.3) is 0 Å². The molecule has 0 aliphatic carbocycles. The number of nitrogens with zero attached hydrogens (tertiary/aromatic N) is 2. The van der Waals surface area contributed by atoms with Gasteiger partial charge in [-0.1, -0.05) is 30.3 Å². The maximum Gasteiger partial charge on any atom is 0.119 e. The molecular weight excluding hydrogens is 248 g/mol. The van der Waals surface area contributed by atoms with Gasteiger partial charge in [0.05, 0.1) is 19.1 Å². The summed E-state index contributed by atoms with van der Waals surface area (Å²) in [5.41, 5.74) is 4.50. The maximum atomic E-state index is 5.35. The van der Waals surface area contributed by atoms with Crippen molar-refractivity contribution in [1.82, 2.24) is 9.55 Å². The van der Waals surface area contributed by atoms with E-state index in [0.717, 1.165) is 28.3 Å². The SMILES string of the molecule is COc1ccc(-n2cncc2C)c(-c2ccccc2)c1. The summed E-state index contributed by atoms with van der Waals surface area (Å²) in [6.45, 7) is 2.05. The van der Waals surface area contributed by atoms with Crippen molar-refractivity contribution in [3.63, 3.8) is 0 Å². The standard InChI is InChI=1S/C17H16N2O/c1-13-11-18-12-19(13)17-9-8-15(20-2)10-16(17)14-6-4-3-5-7-14/h3-12H,1-2H3. The van der Waals surface area contributed by atoms with Crippen molar-refractivity contribution in [3.05, 3.63) is 66.7 Å². The van der Waals surface area contributed by atoms with E-state index in [1.54, 1.807) is 7.11 Å². The zero-order valence-electron chi connectivity index (χ0n) is 11.6. The third-order valence-electron chi connectivity index (χ3n) is 3.37. The first-order valence-corrected chi connectivity index (χ1v) is 6.52. The lowest BCUT2D eigenvalue weighted by atomic mass is 10.0. The number of hydrogen-bond acceptors (Lipinski definition) is 2. The molecular formula is C17H16N2O. The molecule has 0 atom stereocenters. The van der Waals surface area contributed by atoms with E-state index in [1.165, 1.54) is 0 Å². The second-order valence-electron chi connectivity index (χ2n) is 4.65. The fourth-order valence-corrected chi connectivity index (χ4v) is 2.31. The molecule has 0 bridgehead atoms. The zero-order chi connectivity index (χ0) is 13.9. The van der Waals surface area contributed by atoms with Crippen LogP contribution < -0.4 is 4.74 Å². The summed E-state index contributed by atoms with van der Waals surface area (Å²) in [6, 6.07) is 16.4. The Hall–Kier alpha value is -2.55. The fraction of sp³-hybridized carbons (Fsp3) is 0.118.